The fourth-order valence-corrected chi connectivity index (χ4v) is 4.62. The van der Waals surface area contributed by atoms with Crippen LogP contribution in [0.25, 0.3) is 16.8 Å². The predicted octanol–water partition coefficient (Wildman–Crippen LogP) is 7.08. The van der Waals surface area contributed by atoms with Crippen LogP contribution in [0.2, 0.25) is 0 Å². The molecule has 1 heterocycles. The van der Waals surface area contributed by atoms with E-state index in [1.165, 1.54) is 60.4 Å². The summed E-state index contributed by atoms with van der Waals surface area (Å²) in [6.07, 6.45) is 13.2. The van der Waals surface area contributed by atoms with Crippen molar-refractivity contribution in [3.63, 3.8) is 0 Å². The zero-order chi connectivity index (χ0) is 19.4. The molecule has 2 aromatic carbocycles. The van der Waals surface area contributed by atoms with Crippen molar-refractivity contribution in [2.45, 2.75) is 71.0 Å². The van der Waals surface area contributed by atoms with Crippen LogP contribution in [0.4, 0.5) is 0 Å². The van der Waals surface area contributed by atoms with Crippen LogP contribution in [-0.2, 0) is 9.47 Å². The molecule has 1 fully saturated rings. The minimum absolute atomic E-state index is 0.0287. The number of benzene rings is 2. The van der Waals surface area contributed by atoms with Crippen molar-refractivity contribution in [2.75, 3.05) is 13.2 Å². The Kier molecular flexibility index (Phi) is 6.18. The second-order valence-electron chi connectivity index (χ2n) is 9.28. The number of hydrogen-bond acceptors (Lipinski definition) is 2. The third-order valence-corrected chi connectivity index (χ3v) is 6.29. The van der Waals surface area contributed by atoms with Crippen LogP contribution < -0.4 is 0 Å². The Morgan fingerprint density at radius 1 is 1.07 bits per heavy atom. The van der Waals surface area contributed by atoms with Gasteiger partial charge < -0.3 is 9.47 Å². The highest BCUT2D eigenvalue weighted by atomic mass is 16.7. The van der Waals surface area contributed by atoms with E-state index in [0.29, 0.717) is 5.92 Å². The Morgan fingerprint density at radius 3 is 2.75 bits per heavy atom. The zero-order valence-corrected chi connectivity index (χ0v) is 17.5. The van der Waals surface area contributed by atoms with Gasteiger partial charge in [0.25, 0.3) is 0 Å². The predicted molar refractivity (Wildman–Crippen MR) is 118 cm³/mol. The molecule has 0 bridgehead atoms. The first-order valence-corrected chi connectivity index (χ1v) is 11.1. The molecule has 0 saturated carbocycles. The average Bonchev–Trinajstić information content (AvgIpc) is 2.72. The molecule has 0 radical (unpaired) electrons. The second-order valence-corrected chi connectivity index (χ2v) is 9.28. The highest BCUT2D eigenvalue weighted by Gasteiger charge is 2.23. The Balaban J connectivity index is 1.26. The summed E-state index contributed by atoms with van der Waals surface area (Å²) in [6.45, 7) is 6.31. The van der Waals surface area contributed by atoms with E-state index in [1.54, 1.807) is 0 Å². The lowest BCUT2D eigenvalue weighted by atomic mass is 9.82. The highest BCUT2D eigenvalue weighted by molar-refractivity contribution is 5.95. The molecule has 28 heavy (non-hydrogen) atoms. The van der Waals surface area contributed by atoms with Crippen molar-refractivity contribution < 1.29 is 9.47 Å². The minimum Gasteiger partial charge on any atom is -0.353 e. The molecule has 2 aliphatic rings. The van der Waals surface area contributed by atoms with E-state index < -0.39 is 0 Å². The van der Waals surface area contributed by atoms with Gasteiger partial charge in [0, 0.05) is 12.5 Å². The lowest BCUT2D eigenvalue weighted by Crippen LogP contribution is -2.28. The van der Waals surface area contributed by atoms with E-state index in [0.717, 1.165) is 19.6 Å². The monoisotopic (exact) mass is 378 g/mol. The number of allylic oxidation sites excluding steroid dienone is 1. The normalized spacial score (nSPS) is 21.9. The fourth-order valence-electron chi connectivity index (χ4n) is 4.62. The molecule has 4 rings (SSSR count). The standard InChI is InChI=1S/C26H34O2/c1-26(2,19-28-24-14-4-6-18-27-24)17-5-3-9-20-15-16-22-11-7-10-21-12-8-13-23(20)25(21)22/h7-8,10-13,15-16,20,24H,3-6,9,14,17-19H2,1-2H3. The summed E-state index contributed by atoms with van der Waals surface area (Å²) in [4.78, 5) is 0. The van der Waals surface area contributed by atoms with Gasteiger partial charge in [0.15, 0.2) is 6.29 Å². The van der Waals surface area contributed by atoms with Gasteiger partial charge in [-0.15, -0.1) is 0 Å². The quantitative estimate of drug-likeness (QED) is 0.457. The zero-order valence-electron chi connectivity index (χ0n) is 17.5. The van der Waals surface area contributed by atoms with Gasteiger partial charge in [-0.3, -0.25) is 0 Å². The van der Waals surface area contributed by atoms with Crippen LogP contribution >= 0.6 is 0 Å². The van der Waals surface area contributed by atoms with Gasteiger partial charge in [-0.1, -0.05) is 75.2 Å². The lowest BCUT2D eigenvalue weighted by molar-refractivity contribution is -0.176. The summed E-state index contributed by atoms with van der Waals surface area (Å²) in [5.41, 5.74) is 3.09. The number of rotatable bonds is 8. The highest BCUT2D eigenvalue weighted by Crippen LogP contribution is 2.37. The van der Waals surface area contributed by atoms with Gasteiger partial charge in [-0.25, -0.2) is 0 Å². The number of ether oxygens (including phenoxy) is 2. The Bertz CT molecular complexity index is 809. The molecule has 150 valence electrons. The summed E-state index contributed by atoms with van der Waals surface area (Å²) >= 11 is 0. The molecular weight excluding hydrogens is 344 g/mol. The molecule has 0 N–H and O–H groups in total. The minimum atomic E-state index is 0.0287. The maximum absolute atomic E-state index is 6.04. The maximum atomic E-state index is 6.04. The van der Waals surface area contributed by atoms with E-state index in [9.17, 15) is 0 Å². The molecular formula is C26H34O2. The van der Waals surface area contributed by atoms with Crippen LogP contribution in [-0.4, -0.2) is 19.5 Å². The van der Waals surface area contributed by atoms with Crippen molar-refractivity contribution in [3.05, 3.63) is 53.6 Å². The van der Waals surface area contributed by atoms with Crippen LogP contribution in [0.1, 0.15) is 75.8 Å². The van der Waals surface area contributed by atoms with Crippen LogP contribution in [0.15, 0.2) is 42.5 Å². The summed E-state index contributed by atoms with van der Waals surface area (Å²) in [7, 11) is 0. The lowest BCUT2D eigenvalue weighted by Gasteiger charge is -2.29. The Labute approximate surface area is 169 Å². The molecule has 0 amide bonds. The molecule has 1 aliphatic carbocycles. The van der Waals surface area contributed by atoms with Crippen molar-refractivity contribution in [1.29, 1.82) is 0 Å². The van der Waals surface area contributed by atoms with Crippen LogP contribution in [0.3, 0.4) is 0 Å². The second kappa shape index (κ2) is 8.80. The van der Waals surface area contributed by atoms with Crippen molar-refractivity contribution in [1.82, 2.24) is 0 Å². The van der Waals surface area contributed by atoms with Crippen LogP contribution in [0, 0.1) is 5.41 Å². The van der Waals surface area contributed by atoms with Gasteiger partial charge in [0.2, 0.25) is 0 Å². The van der Waals surface area contributed by atoms with Gasteiger partial charge in [0.1, 0.15) is 0 Å². The van der Waals surface area contributed by atoms with E-state index in [2.05, 4.69) is 62.4 Å². The van der Waals surface area contributed by atoms with Crippen molar-refractivity contribution in [3.8, 4) is 0 Å². The molecule has 2 atom stereocenters. The van der Waals surface area contributed by atoms with Crippen molar-refractivity contribution >= 4 is 16.8 Å². The van der Waals surface area contributed by atoms with Gasteiger partial charge in [0.05, 0.1) is 6.61 Å². The topological polar surface area (TPSA) is 18.5 Å². The molecule has 2 heteroatoms. The first-order chi connectivity index (χ1) is 13.6. The van der Waals surface area contributed by atoms with E-state index >= 15 is 0 Å². The van der Waals surface area contributed by atoms with Crippen LogP contribution in [0.5, 0.6) is 0 Å². The van der Waals surface area contributed by atoms with Gasteiger partial charge >= 0.3 is 0 Å². The first kappa shape index (κ1) is 19.7. The van der Waals surface area contributed by atoms with Gasteiger partial charge in [-0.2, -0.15) is 0 Å². The molecule has 0 aromatic heterocycles. The summed E-state index contributed by atoms with van der Waals surface area (Å²) in [6, 6.07) is 13.4. The molecule has 1 aliphatic heterocycles. The molecule has 2 aromatic rings. The van der Waals surface area contributed by atoms with E-state index in [-0.39, 0.29) is 11.7 Å². The molecule has 2 unspecified atom stereocenters. The SMILES string of the molecule is CC(C)(CCCCC1C=Cc2cccc3cccc1c23)COC1CCCCO1. The number of unbranched alkanes of at least 4 members (excludes halogenated alkanes) is 1. The maximum Gasteiger partial charge on any atom is 0.157 e. The summed E-state index contributed by atoms with van der Waals surface area (Å²) < 4.78 is 11.7. The Hall–Kier alpha value is -1.64. The Morgan fingerprint density at radius 2 is 1.93 bits per heavy atom. The molecule has 1 saturated heterocycles. The largest absolute Gasteiger partial charge is 0.353 e. The molecule has 2 nitrogen and oxygen atoms in total. The van der Waals surface area contributed by atoms with E-state index in [4.69, 9.17) is 9.47 Å². The summed E-state index contributed by atoms with van der Waals surface area (Å²) in [5.74, 6) is 0.550. The number of hydrogen-bond donors (Lipinski definition) is 0. The van der Waals surface area contributed by atoms with E-state index in [1.807, 2.05) is 0 Å². The average molecular weight is 379 g/mol. The summed E-state index contributed by atoms with van der Waals surface area (Å²) in [5, 5.41) is 2.83. The smallest absolute Gasteiger partial charge is 0.157 e. The third kappa shape index (κ3) is 4.67. The van der Waals surface area contributed by atoms with Gasteiger partial charge in [-0.05, 0) is 59.4 Å². The molecule has 0 spiro atoms. The van der Waals surface area contributed by atoms with Crippen molar-refractivity contribution in [2.24, 2.45) is 5.41 Å². The third-order valence-electron chi connectivity index (χ3n) is 6.29. The fraction of sp³-hybridized carbons (Fsp3) is 0.538. The first-order valence-electron chi connectivity index (χ1n) is 11.1.